The molecular weight excluding hydrogens is 304 g/mol. The Labute approximate surface area is 140 Å². The van der Waals surface area contributed by atoms with E-state index < -0.39 is 0 Å². The van der Waals surface area contributed by atoms with Crippen molar-refractivity contribution < 1.29 is 9.59 Å². The highest BCUT2D eigenvalue weighted by Gasteiger charge is 2.41. The molecule has 2 atom stereocenters. The van der Waals surface area contributed by atoms with Crippen LogP contribution in [0.25, 0.3) is 0 Å². The lowest BCUT2D eigenvalue weighted by molar-refractivity contribution is 0.0894. The van der Waals surface area contributed by atoms with E-state index >= 15 is 0 Å². The lowest BCUT2D eigenvalue weighted by atomic mass is 9.88. The summed E-state index contributed by atoms with van der Waals surface area (Å²) in [5.41, 5.74) is 1.89. The van der Waals surface area contributed by atoms with Crippen LogP contribution in [0.2, 0.25) is 0 Å². The molecule has 6 nitrogen and oxygen atoms in total. The van der Waals surface area contributed by atoms with Gasteiger partial charge in [0.05, 0.1) is 11.1 Å². The first-order valence-electron chi connectivity index (χ1n) is 8.29. The molecule has 24 heavy (non-hydrogen) atoms. The zero-order valence-electron chi connectivity index (χ0n) is 13.6. The van der Waals surface area contributed by atoms with Crippen LogP contribution in [0.5, 0.6) is 0 Å². The summed E-state index contributed by atoms with van der Waals surface area (Å²) in [6.07, 6.45) is 5.07. The van der Waals surface area contributed by atoms with Crippen molar-refractivity contribution in [2.24, 2.45) is 11.8 Å². The standard InChI is InChI=1S/C18H20N4O2/c1-22-9-11-5-6-14-16(17(23)13(11)10-22)12(8-20-14)18(24)21-15-4-2-3-7-19-15/h2-4,7-8,11,13,20H,5-6,9-10H2,1H3,(H,19,21,24). The van der Waals surface area contributed by atoms with E-state index in [0.29, 0.717) is 22.9 Å². The molecule has 0 bridgehead atoms. The number of nitrogens with zero attached hydrogens (tertiary/aromatic N) is 2. The third kappa shape index (κ3) is 2.53. The van der Waals surface area contributed by atoms with Gasteiger partial charge < -0.3 is 15.2 Å². The highest BCUT2D eigenvalue weighted by Crippen LogP contribution is 2.35. The molecule has 0 aromatic carbocycles. The molecule has 124 valence electrons. The second-order valence-corrected chi connectivity index (χ2v) is 6.72. The first kappa shape index (κ1) is 15.1. The van der Waals surface area contributed by atoms with Gasteiger partial charge in [0.15, 0.2) is 5.78 Å². The molecule has 0 saturated carbocycles. The van der Waals surface area contributed by atoms with Crippen molar-refractivity contribution in [3.63, 3.8) is 0 Å². The van der Waals surface area contributed by atoms with Gasteiger partial charge in [-0.05, 0) is 37.9 Å². The van der Waals surface area contributed by atoms with Gasteiger partial charge in [-0.1, -0.05) is 6.07 Å². The zero-order chi connectivity index (χ0) is 16.7. The number of aromatic nitrogens is 2. The van der Waals surface area contributed by atoms with Gasteiger partial charge >= 0.3 is 0 Å². The summed E-state index contributed by atoms with van der Waals surface area (Å²) in [6.45, 7) is 1.73. The topological polar surface area (TPSA) is 78.1 Å². The molecule has 2 unspecified atom stereocenters. The molecular formula is C18H20N4O2. The first-order valence-corrected chi connectivity index (χ1v) is 8.29. The summed E-state index contributed by atoms with van der Waals surface area (Å²) < 4.78 is 0. The normalized spacial score (nSPS) is 23.5. The van der Waals surface area contributed by atoms with E-state index in [1.54, 1.807) is 24.5 Å². The molecule has 3 heterocycles. The predicted octanol–water partition coefficient (Wildman–Crippen LogP) is 1.97. The van der Waals surface area contributed by atoms with Gasteiger partial charge in [0.2, 0.25) is 0 Å². The molecule has 0 spiro atoms. The van der Waals surface area contributed by atoms with E-state index in [-0.39, 0.29) is 17.6 Å². The molecule has 1 saturated heterocycles. The van der Waals surface area contributed by atoms with Gasteiger partial charge in [0.25, 0.3) is 5.91 Å². The Morgan fingerprint density at radius 3 is 3.04 bits per heavy atom. The maximum Gasteiger partial charge on any atom is 0.259 e. The highest BCUT2D eigenvalue weighted by molar-refractivity contribution is 6.14. The Hall–Kier alpha value is -2.47. The van der Waals surface area contributed by atoms with Gasteiger partial charge in [-0.3, -0.25) is 9.59 Å². The summed E-state index contributed by atoms with van der Waals surface area (Å²) in [5, 5.41) is 2.77. The third-order valence-electron chi connectivity index (χ3n) is 5.08. The summed E-state index contributed by atoms with van der Waals surface area (Å²) in [4.78, 5) is 35.2. The monoisotopic (exact) mass is 324 g/mol. The zero-order valence-corrected chi connectivity index (χ0v) is 13.6. The molecule has 0 radical (unpaired) electrons. The largest absolute Gasteiger partial charge is 0.364 e. The van der Waals surface area contributed by atoms with E-state index in [4.69, 9.17) is 0 Å². The number of amides is 1. The van der Waals surface area contributed by atoms with Gasteiger partial charge in [0.1, 0.15) is 5.82 Å². The van der Waals surface area contributed by atoms with Crippen molar-refractivity contribution >= 4 is 17.5 Å². The number of hydrogen-bond acceptors (Lipinski definition) is 4. The molecule has 2 aliphatic rings. The first-order chi connectivity index (χ1) is 11.6. The van der Waals surface area contributed by atoms with E-state index in [1.165, 1.54) is 0 Å². The number of Topliss-reactive ketones (excluding diaryl/α,β-unsaturated/α-hetero) is 1. The molecule has 2 aromatic heterocycles. The van der Waals surface area contributed by atoms with Crippen LogP contribution < -0.4 is 5.32 Å². The molecule has 1 fully saturated rings. The summed E-state index contributed by atoms with van der Waals surface area (Å²) >= 11 is 0. The van der Waals surface area contributed by atoms with Crippen molar-refractivity contribution in [2.45, 2.75) is 12.8 Å². The number of aromatic amines is 1. The average Bonchev–Trinajstić information content (AvgIpc) is 3.14. The number of anilines is 1. The minimum Gasteiger partial charge on any atom is -0.364 e. The molecule has 1 aliphatic carbocycles. The Morgan fingerprint density at radius 2 is 2.25 bits per heavy atom. The Balaban J connectivity index is 1.65. The van der Waals surface area contributed by atoms with E-state index in [9.17, 15) is 9.59 Å². The van der Waals surface area contributed by atoms with Gasteiger partial charge in [-0.15, -0.1) is 0 Å². The quantitative estimate of drug-likeness (QED) is 0.885. The average molecular weight is 324 g/mol. The lowest BCUT2D eigenvalue weighted by Crippen LogP contribution is -2.24. The van der Waals surface area contributed by atoms with Crippen molar-refractivity contribution in [3.8, 4) is 0 Å². The fraction of sp³-hybridized carbons (Fsp3) is 0.389. The van der Waals surface area contributed by atoms with Gasteiger partial charge in [0, 0.05) is 37.1 Å². The number of likely N-dealkylation sites (tertiary alicyclic amines) is 1. The molecule has 2 aromatic rings. The smallest absolute Gasteiger partial charge is 0.259 e. The maximum absolute atomic E-state index is 13.1. The van der Waals surface area contributed by atoms with Crippen LogP contribution in [0, 0.1) is 11.8 Å². The summed E-state index contributed by atoms with van der Waals surface area (Å²) in [5.74, 6) is 0.675. The number of hydrogen-bond donors (Lipinski definition) is 2. The molecule has 1 aliphatic heterocycles. The number of ketones is 1. The number of pyridine rings is 1. The second-order valence-electron chi connectivity index (χ2n) is 6.72. The van der Waals surface area contributed by atoms with Crippen LogP contribution in [0.3, 0.4) is 0 Å². The van der Waals surface area contributed by atoms with E-state index in [1.807, 2.05) is 6.07 Å². The van der Waals surface area contributed by atoms with Crippen LogP contribution in [0.1, 0.15) is 32.8 Å². The number of nitrogens with one attached hydrogen (secondary N) is 2. The van der Waals surface area contributed by atoms with Crippen LogP contribution >= 0.6 is 0 Å². The van der Waals surface area contributed by atoms with Gasteiger partial charge in [-0.25, -0.2) is 4.98 Å². The Morgan fingerprint density at radius 1 is 1.38 bits per heavy atom. The van der Waals surface area contributed by atoms with Crippen molar-refractivity contribution in [3.05, 3.63) is 47.4 Å². The number of carbonyl (C=O) groups is 2. The van der Waals surface area contributed by atoms with E-state index in [2.05, 4.69) is 27.2 Å². The van der Waals surface area contributed by atoms with Gasteiger partial charge in [-0.2, -0.15) is 0 Å². The Bertz CT molecular complexity index is 784. The number of fused-ring (bicyclic) bond motifs is 2. The molecule has 4 rings (SSSR count). The minimum atomic E-state index is -0.288. The number of H-pyrrole nitrogens is 1. The van der Waals surface area contributed by atoms with Crippen molar-refractivity contribution in [1.82, 2.24) is 14.9 Å². The van der Waals surface area contributed by atoms with E-state index in [0.717, 1.165) is 31.6 Å². The Kier molecular flexibility index (Phi) is 3.69. The third-order valence-corrected chi connectivity index (χ3v) is 5.08. The highest BCUT2D eigenvalue weighted by atomic mass is 16.2. The van der Waals surface area contributed by atoms with Crippen LogP contribution in [0.15, 0.2) is 30.6 Å². The summed E-state index contributed by atoms with van der Waals surface area (Å²) in [6, 6.07) is 5.33. The number of rotatable bonds is 2. The molecule has 6 heteroatoms. The summed E-state index contributed by atoms with van der Waals surface area (Å²) in [7, 11) is 2.05. The number of carbonyl (C=O) groups excluding carboxylic acids is 2. The molecule has 1 amide bonds. The minimum absolute atomic E-state index is 0.00606. The maximum atomic E-state index is 13.1. The number of aryl methyl sites for hydroxylation is 1. The van der Waals surface area contributed by atoms with Crippen LogP contribution in [0.4, 0.5) is 5.82 Å². The van der Waals surface area contributed by atoms with Crippen molar-refractivity contribution in [2.75, 3.05) is 25.5 Å². The van der Waals surface area contributed by atoms with Crippen molar-refractivity contribution in [1.29, 1.82) is 0 Å². The fourth-order valence-electron chi connectivity index (χ4n) is 3.94. The lowest BCUT2D eigenvalue weighted by Gasteiger charge is -2.13. The second kappa shape index (κ2) is 5.87. The fourth-order valence-corrected chi connectivity index (χ4v) is 3.94. The van der Waals surface area contributed by atoms with Crippen LogP contribution in [-0.2, 0) is 6.42 Å². The van der Waals surface area contributed by atoms with Crippen LogP contribution in [-0.4, -0.2) is 46.7 Å². The molecule has 2 N–H and O–H groups in total. The SMILES string of the molecule is CN1CC2CCc3[nH]cc(C(=O)Nc4ccccn4)c3C(=O)C2C1. The predicted molar refractivity (Wildman–Crippen MR) is 90.1 cm³/mol.